The maximum Gasteiger partial charge on any atom is 0.336 e. The van der Waals surface area contributed by atoms with Crippen molar-refractivity contribution in [2.24, 2.45) is 0 Å². The van der Waals surface area contributed by atoms with Crippen molar-refractivity contribution < 1.29 is 5.11 Å². The monoisotopic (exact) mass is 478 g/mol. The van der Waals surface area contributed by atoms with Crippen molar-refractivity contribution in [2.45, 2.75) is 36.3 Å². The van der Waals surface area contributed by atoms with Crippen LogP contribution in [0.25, 0.3) is 16.9 Å². The minimum absolute atomic E-state index is 0.0284. The molecule has 3 heterocycles. The van der Waals surface area contributed by atoms with Crippen LogP contribution in [-0.4, -0.2) is 69.9 Å². The van der Waals surface area contributed by atoms with Gasteiger partial charge in [0, 0.05) is 43.7 Å². The molecule has 2 aromatic carbocycles. The lowest BCUT2D eigenvalue weighted by Gasteiger charge is -2.33. The molecule has 0 aliphatic carbocycles. The third-order valence-electron chi connectivity index (χ3n) is 6.69. The Hall–Kier alpha value is -2.65. The second-order valence-corrected chi connectivity index (χ2v) is 10.4. The lowest BCUT2D eigenvalue weighted by Crippen LogP contribution is -2.49. The van der Waals surface area contributed by atoms with Gasteiger partial charge >= 0.3 is 5.69 Å². The first-order valence-corrected chi connectivity index (χ1v) is 12.5. The lowest BCUT2D eigenvalue weighted by atomic mass is 10.1. The van der Waals surface area contributed by atoms with Crippen molar-refractivity contribution in [3.05, 3.63) is 74.4 Å². The van der Waals surface area contributed by atoms with Crippen LogP contribution in [0.5, 0.6) is 0 Å². The van der Waals surface area contributed by atoms with Gasteiger partial charge in [-0.2, -0.15) is 0 Å². The van der Waals surface area contributed by atoms with Crippen LogP contribution in [0, 0.1) is 13.8 Å². The van der Waals surface area contributed by atoms with E-state index in [0.29, 0.717) is 12.2 Å². The quantitative estimate of drug-likeness (QED) is 0.429. The van der Waals surface area contributed by atoms with Gasteiger partial charge in [0.05, 0.1) is 28.9 Å². The van der Waals surface area contributed by atoms with Crippen LogP contribution in [0.3, 0.4) is 0 Å². The normalized spacial score (nSPS) is 16.9. The summed E-state index contributed by atoms with van der Waals surface area (Å²) in [6.07, 6.45) is -0.807. The van der Waals surface area contributed by atoms with Gasteiger partial charge in [-0.25, -0.2) is 4.79 Å². The van der Waals surface area contributed by atoms with E-state index in [4.69, 9.17) is 0 Å². The van der Waals surface area contributed by atoms with E-state index >= 15 is 0 Å². The summed E-state index contributed by atoms with van der Waals surface area (Å²) in [5, 5.41) is 10.8. The molecule has 178 valence electrons. The molecular formula is C26H30N4O3S. The summed E-state index contributed by atoms with van der Waals surface area (Å²) in [5.41, 5.74) is 3.49. The highest BCUT2D eigenvalue weighted by atomic mass is 32.2. The first-order chi connectivity index (χ1) is 16.3. The zero-order chi connectivity index (χ0) is 24.0. The number of hydrogen-bond acceptors (Lipinski definition) is 6. The number of piperazine rings is 1. The van der Waals surface area contributed by atoms with E-state index in [0.717, 1.165) is 58.3 Å². The zero-order valence-corrected chi connectivity index (χ0v) is 20.6. The molecule has 0 amide bonds. The van der Waals surface area contributed by atoms with Gasteiger partial charge < -0.3 is 10.0 Å². The highest BCUT2D eigenvalue weighted by Gasteiger charge is 2.28. The Labute approximate surface area is 203 Å². The van der Waals surface area contributed by atoms with Crippen molar-refractivity contribution in [3.8, 4) is 16.9 Å². The lowest BCUT2D eigenvalue weighted by molar-refractivity contribution is 0.0696. The van der Waals surface area contributed by atoms with Crippen LogP contribution in [0.15, 0.2) is 61.8 Å². The van der Waals surface area contributed by atoms with E-state index in [2.05, 4.69) is 22.9 Å². The fourth-order valence-electron chi connectivity index (χ4n) is 4.59. The molecule has 1 N–H and O–H groups in total. The number of aromatic nitrogens is 2. The molecular weight excluding hydrogens is 448 g/mol. The number of fused-ring (bicyclic) bond motifs is 1. The Kier molecular flexibility index (Phi) is 6.24. The summed E-state index contributed by atoms with van der Waals surface area (Å²) in [4.78, 5) is 33.6. The number of aliphatic hydroxyl groups is 1. The molecule has 34 heavy (non-hydrogen) atoms. The van der Waals surface area contributed by atoms with Gasteiger partial charge in [0.15, 0.2) is 0 Å². The molecule has 1 saturated heterocycles. The van der Waals surface area contributed by atoms with Crippen molar-refractivity contribution in [3.63, 3.8) is 0 Å². The highest BCUT2D eigenvalue weighted by molar-refractivity contribution is 8.05. The number of β-amino-alcohol motifs (C(OH)–C–C–N with tert-alkyl or cyclic N) is 1. The summed E-state index contributed by atoms with van der Waals surface area (Å²) in [6, 6.07) is 13.4. The average Bonchev–Trinajstić information content (AvgIpc) is 3.59. The van der Waals surface area contributed by atoms with Crippen LogP contribution in [0.2, 0.25) is 0 Å². The van der Waals surface area contributed by atoms with Crippen molar-refractivity contribution in [1.29, 1.82) is 0 Å². The van der Waals surface area contributed by atoms with E-state index in [-0.39, 0.29) is 6.54 Å². The fourth-order valence-corrected chi connectivity index (χ4v) is 5.41. The number of rotatable bonds is 6. The molecule has 7 nitrogen and oxygen atoms in total. The predicted octanol–water partition coefficient (Wildman–Crippen LogP) is 2.36. The van der Waals surface area contributed by atoms with Crippen LogP contribution in [0.4, 0.5) is 0 Å². The van der Waals surface area contributed by atoms with E-state index in [9.17, 15) is 14.7 Å². The Morgan fingerprint density at radius 3 is 2.38 bits per heavy atom. The number of aryl methyl sites for hydroxylation is 2. The molecule has 8 heteroatoms. The number of hydrogen-bond donors (Lipinski definition) is 1. The molecule has 0 saturated carbocycles. The van der Waals surface area contributed by atoms with Crippen LogP contribution >= 0.6 is 11.8 Å². The third kappa shape index (κ3) is 4.51. The van der Waals surface area contributed by atoms with Crippen LogP contribution in [-0.2, 0) is 6.54 Å². The van der Waals surface area contributed by atoms with Crippen LogP contribution in [0.1, 0.15) is 11.1 Å². The van der Waals surface area contributed by atoms with Crippen molar-refractivity contribution in [2.75, 3.05) is 39.8 Å². The number of likely N-dealkylation sites (N-methyl/N-ethyl adjacent to an activating group) is 1. The minimum Gasteiger partial charge on any atom is -0.390 e. The number of aliphatic hydroxyl groups excluding tert-OH is 1. The summed E-state index contributed by atoms with van der Waals surface area (Å²) in [7, 11) is 2.08. The second-order valence-electron chi connectivity index (χ2n) is 9.38. The maximum atomic E-state index is 13.8. The Morgan fingerprint density at radius 2 is 1.68 bits per heavy atom. The SMILES string of the molecule is Cc1ccc(-c2cc(=O)n(CC(O)CN3CCN(C)CC3)c(=O)n2-c2c(C)ccc3c2S3)cc1. The summed E-state index contributed by atoms with van der Waals surface area (Å²) < 4.78 is 2.84. The molecule has 1 atom stereocenters. The zero-order valence-electron chi connectivity index (χ0n) is 19.8. The molecule has 5 rings (SSSR count). The molecule has 2 aliphatic rings. The van der Waals surface area contributed by atoms with Crippen LogP contribution < -0.4 is 11.2 Å². The van der Waals surface area contributed by atoms with E-state index < -0.39 is 17.4 Å². The van der Waals surface area contributed by atoms with Gasteiger partial charge in [0.1, 0.15) is 0 Å². The summed E-state index contributed by atoms with van der Waals surface area (Å²) in [6.45, 7) is 8.03. The first kappa shape index (κ1) is 23.1. The molecule has 2 aliphatic heterocycles. The Morgan fingerprint density at radius 1 is 0.971 bits per heavy atom. The van der Waals surface area contributed by atoms with Gasteiger partial charge in [-0.3, -0.25) is 18.8 Å². The minimum atomic E-state index is -0.807. The number of benzene rings is 2. The topological polar surface area (TPSA) is 70.7 Å². The number of nitrogens with zero attached hydrogens (tertiary/aromatic N) is 4. The maximum absolute atomic E-state index is 13.8. The van der Waals surface area contributed by atoms with Crippen molar-refractivity contribution >= 4 is 11.8 Å². The standard InChI is InChI=1S/C26H30N4O3S/c1-17-4-7-19(8-5-17)21-14-23(32)29(16-20(31)15-28-12-10-27(3)11-13-28)26(33)30(21)24-18(2)6-9-22-25(24)34-22/h4-9,14,20,31H,10-13,15-16H2,1-3H3. The van der Waals surface area contributed by atoms with E-state index in [1.54, 1.807) is 16.3 Å². The summed E-state index contributed by atoms with van der Waals surface area (Å²) >= 11 is 1.65. The largest absolute Gasteiger partial charge is 0.390 e. The first-order valence-electron chi connectivity index (χ1n) is 11.7. The molecule has 3 aromatic rings. The van der Waals surface area contributed by atoms with E-state index in [1.165, 1.54) is 10.6 Å². The van der Waals surface area contributed by atoms with Gasteiger partial charge in [0.25, 0.3) is 5.56 Å². The van der Waals surface area contributed by atoms with Gasteiger partial charge in [-0.1, -0.05) is 47.7 Å². The smallest absolute Gasteiger partial charge is 0.336 e. The van der Waals surface area contributed by atoms with Crippen molar-refractivity contribution in [1.82, 2.24) is 18.9 Å². The molecule has 1 aromatic heterocycles. The molecule has 0 radical (unpaired) electrons. The predicted molar refractivity (Wildman–Crippen MR) is 135 cm³/mol. The van der Waals surface area contributed by atoms with E-state index in [1.807, 2.05) is 44.2 Å². The van der Waals surface area contributed by atoms with Gasteiger partial charge in [0.2, 0.25) is 0 Å². The molecule has 0 spiro atoms. The Bertz CT molecular complexity index is 1330. The van der Waals surface area contributed by atoms with Gasteiger partial charge in [-0.15, -0.1) is 0 Å². The summed E-state index contributed by atoms with van der Waals surface area (Å²) in [5.74, 6) is 0. The molecule has 1 fully saturated rings. The fraction of sp³-hybridized carbons (Fsp3) is 0.385. The molecule has 1 unspecified atom stereocenters. The third-order valence-corrected chi connectivity index (χ3v) is 7.66. The van der Waals surface area contributed by atoms with Gasteiger partial charge in [-0.05, 0) is 38.1 Å². The second kappa shape index (κ2) is 9.19. The highest BCUT2D eigenvalue weighted by Crippen LogP contribution is 2.53. The Balaban J connectivity index is 1.56. The molecule has 0 bridgehead atoms. The average molecular weight is 479 g/mol.